The van der Waals surface area contributed by atoms with Crippen molar-refractivity contribution >= 4 is 11.8 Å². The molecule has 114 valence electrons. The van der Waals surface area contributed by atoms with Crippen LogP contribution in [0.4, 0.5) is 0 Å². The largest absolute Gasteiger partial charge is 0.468 e. The topological polar surface area (TPSA) is 45.4 Å². The second-order valence-electron chi connectivity index (χ2n) is 6.12. The molecule has 0 radical (unpaired) electrons. The zero-order valence-corrected chi connectivity index (χ0v) is 13.4. The van der Waals surface area contributed by atoms with Crippen LogP contribution in [0.15, 0.2) is 22.8 Å². The first-order valence-electron chi connectivity index (χ1n) is 7.65. The van der Waals surface area contributed by atoms with Crippen molar-refractivity contribution in [2.75, 3.05) is 12.4 Å². The van der Waals surface area contributed by atoms with Gasteiger partial charge in [-0.15, -0.1) is 0 Å². The molecular weight excluding hydrogens is 270 g/mol. The monoisotopic (exact) mass is 297 g/mol. The molecule has 2 rings (SSSR count). The van der Waals surface area contributed by atoms with Crippen LogP contribution >= 0.6 is 11.8 Å². The lowest BCUT2D eigenvalue weighted by atomic mass is 9.85. The van der Waals surface area contributed by atoms with Crippen molar-refractivity contribution in [2.45, 2.75) is 56.9 Å². The Labute approximate surface area is 126 Å². The van der Waals surface area contributed by atoms with Gasteiger partial charge in [0.15, 0.2) is 0 Å². The summed E-state index contributed by atoms with van der Waals surface area (Å²) in [6, 6.07) is 4.40. The van der Waals surface area contributed by atoms with E-state index in [4.69, 9.17) is 4.42 Å². The van der Waals surface area contributed by atoms with E-state index in [0.29, 0.717) is 12.0 Å². The highest BCUT2D eigenvalue weighted by Crippen LogP contribution is 2.38. The summed E-state index contributed by atoms with van der Waals surface area (Å²) >= 11 is 1.92. The molecule has 20 heavy (non-hydrogen) atoms. The van der Waals surface area contributed by atoms with E-state index in [1.165, 1.54) is 19.3 Å². The van der Waals surface area contributed by atoms with Gasteiger partial charge in [0.05, 0.1) is 18.6 Å². The fourth-order valence-corrected chi connectivity index (χ4v) is 4.34. The fourth-order valence-electron chi connectivity index (χ4n) is 3.38. The summed E-state index contributed by atoms with van der Waals surface area (Å²) in [7, 11) is 0. The standard InChI is InChI=1S/C16H27NO2S/c1-13(2)17-16(12-18)8-3-5-14(16)7-10-20-11-15-6-4-9-19-15/h4,6,9,13-14,17-18H,3,5,7-8,10-12H2,1-2H3. The van der Waals surface area contributed by atoms with Crippen LogP contribution in [0.25, 0.3) is 0 Å². The Balaban J connectivity index is 1.78. The summed E-state index contributed by atoms with van der Waals surface area (Å²) in [5.41, 5.74) is -0.0423. The molecule has 2 unspecified atom stereocenters. The van der Waals surface area contributed by atoms with Gasteiger partial charge in [-0.2, -0.15) is 11.8 Å². The van der Waals surface area contributed by atoms with Gasteiger partial charge in [-0.1, -0.05) is 20.3 Å². The van der Waals surface area contributed by atoms with E-state index in [1.807, 2.05) is 23.9 Å². The maximum Gasteiger partial charge on any atom is 0.113 e. The SMILES string of the molecule is CC(C)NC1(CO)CCCC1CCSCc1ccco1. The van der Waals surface area contributed by atoms with Gasteiger partial charge in [-0.25, -0.2) is 0 Å². The summed E-state index contributed by atoms with van der Waals surface area (Å²) in [5.74, 6) is 3.73. The minimum atomic E-state index is -0.0423. The highest BCUT2D eigenvalue weighted by Gasteiger charge is 2.41. The van der Waals surface area contributed by atoms with E-state index in [-0.39, 0.29) is 12.1 Å². The van der Waals surface area contributed by atoms with E-state index >= 15 is 0 Å². The first kappa shape index (κ1) is 15.9. The number of hydrogen-bond donors (Lipinski definition) is 2. The molecule has 1 aliphatic carbocycles. The Bertz CT molecular complexity index is 380. The summed E-state index contributed by atoms with van der Waals surface area (Å²) in [6.07, 6.45) is 6.48. The maximum absolute atomic E-state index is 9.86. The van der Waals surface area contributed by atoms with Gasteiger partial charge in [-0.05, 0) is 43.1 Å². The molecule has 0 saturated heterocycles. The lowest BCUT2D eigenvalue weighted by Crippen LogP contribution is -2.54. The van der Waals surface area contributed by atoms with Gasteiger partial charge in [0, 0.05) is 11.6 Å². The lowest BCUT2D eigenvalue weighted by Gasteiger charge is -2.37. The van der Waals surface area contributed by atoms with Gasteiger partial charge in [-0.3, -0.25) is 0 Å². The molecule has 0 aliphatic heterocycles. The van der Waals surface area contributed by atoms with Crippen LogP contribution < -0.4 is 5.32 Å². The Hall–Kier alpha value is -0.450. The minimum Gasteiger partial charge on any atom is -0.468 e. The number of rotatable bonds is 8. The average Bonchev–Trinajstić information content (AvgIpc) is 3.04. The van der Waals surface area contributed by atoms with Crippen molar-refractivity contribution in [3.05, 3.63) is 24.2 Å². The van der Waals surface area contributed by atoms with Gasteiger partial charge in [0.1, 0.15) is 5.76 Å². The highest BCUT2D eigenvalue weighted by atomic mass is 32.2. The van der Waals surface area contributed by atoms with Crippen molar-refractivity contribution in [1.82, 2.24) is 5.32 Å². The van der Waals surface area contributed by atoms with Crippen molar-refractivity contribution < 1.29 is 9.52 Å². The van der Waals surface area contributed by atoms with Crippen LogP contribution in [0.3, 0.4) is 0 Å². The minimum absolute atomic E-state index is 0.0423. The normalized spacial score (nSPS) is 26.5. The Morgan fingerprint density at radius 3 is 3.05 bits per heavy atom. The molecule has 1 aromatic heterocycles. The molecular formula is C16H27NO2S. The molecule has 0 aromatic carbocycles. The molecule has 0 amide bonds. The molecule has 1 aliphatic rings. The van der Waals surface area contributed by atoms with Crippen LogP contribution in [0.2, 0.25) is 0 Å². The predicted octanol–water partition coefficient (Wildman–Crippen LogP) is 3.43. The van der Waals surface area contributed by atoms with E-state index in [0.717, 1.165) is 23.7 Å². The smallest absolute Gasteiger partial charge is 0.113 e. The van der Waals surface area contributed by atoms with E-state index < -0.39 is 0 Å². The van der Waals surface area contributed by atoms with Gasteiger partial charge >= 0.3 is 0 Å². The Morgan fingerprint density at radius 1 is 1.55 bits per heavy atom. The molecule has 3 nitrogen and oxygen atoms in total. The quantitative estimate of drug-likeness (QED) is 0.722. The summed E-state index contributed by atoms with van der Waals surface area (Å²) < 4.78 is 5.35. The van der Waals surface area contributed by atoms with Gasteiger partial charge < -0.3 is 14.8 Å². The molecule has 1 fully saturated rings. The van der Waals surface area contributed by atoms with E-state index in [2.05, 4.69) is 19.2 Å². The zero-order valence-electron chi connectivity index (χ0n) is 12.6. The van der Waals surface area contributed by atoms with Crippen LogP contribution in [0.1, 0.15) is 45.3 Å². The number of hydrogen-bond acceptors (Lipinski definition) is 4. The fraction of sp³-hybridized carbons (Fsp3) is 0.750. The lowest BCUT2D eigenvalue weighted by molar-refractivity contribution is 0.113. The van der Waals surface area contributed by atoms with Crippen molar-refractivity contribution in [2.24, 2.45) is 5.92 Å². The molecule has 2 atom stereocenters. The number of thioether (sulfide) groups is 1. The number of nitrogens with one attached hydrogen (secondary N) is 1. The molecule has 2 N–H and O–H groups in total. The molecule has 1 saturated carbocycles. The van der Waals surface area contributed by atoms with Crippen molar-refractivity contribution in [1.29, 1.82) is 0 Å². The molecule has 1 aromatic rings. The first-order valence-corrected chi connectivity index (χ1v) is 8.80. The highest BCUT2D eigenvalue weighted by molar-refractivity contribution is 7.98. The van der Waals surface area contributed by atoms with Crippen LogP contribution in [0, 0.1) is 5.92 Å². The second kappa shape index (κ2) is 7.53. The maximum atomic E-state index is 9.86. The van der Waals surface area contributed by atoms with Crippen LogP contribution in [-0.4, -0.2) is 29.0 Å². The summed E-state index contributed by atoms with van der Waals surface area (Å²) in [4.78, 5) is 0. The number of aliphatic hydroxyl groups excluding tert-OH is 1. The average molecular weight is 297 g/mol. The Morgan fingerprint density at radius 2 is 2.40 bits per heavy atom. The summed E-state index contributed by atoms with van der Waals surface area (Å²) in [6.45, 7) is 4.59. The summed E-state index contributed by atoms with van der Waals surface area (Å²) in [5, 5.41) is 13.5. The van der Waals surface area contributed by atoms with Gasteiger partial charge in [0.25, 0.3) is 0 Å². The van der Waals surface area contributed by atoms with E-state index in [1.54, 1.807) is 6.26 Å². The second-order valence-corrected chi connectivity index (χ2v) is 7.23. The van der Waals surface area contributed by atoms with Crippen molar-refractivity contribution in [3.8, 4) is 0 Å². The molecule has 4 heteroatoms. The third-order valence-corrected chi connectivity index (χ3v) is 5.26. The number of aliphatic hydroxyl groups is 1. The zero-order chi connectivity index (χ0) is 14.4. The molecule has 0 spiro atoms. The predicted molar refractivity (Wildman–Crippen MR) is 84.9 cm³/mol. The molecule has 1 heterocycles. The third kappa shape index (κ3) is 4.03. The van der Waals surface area contributed by atoms with Crippen LogP contribution in [-0.2, 0) is 5.75 Å². The molecule has 0 bridgehead atoms. The number of furan rings is 1. The Kier molecular flexibility index (Phi) is 6.00. The van der Waals surface area contributed by atoms with Crippen molar-refractivity contribution in [3.63, 3.8) is 0 Å². The van der Waals surface area contributed by atoms with Gasteiger partial charge in [0.2, 0.25) is 0 Å². The first-order chi connectivity index (χ1) is 9.66. The third-order valence-electron chi connectivity index (χ3n) is 4.25. The van der Waals surface area contributed by atoms with E-state index in [9.17, 15) is 5.11 Å². The van der Waals surface area contributed by atoms with Crippen LogP contribution in [0.5, 0.6) is 0 Å².